The summed E-state index contributed by atoms with van der Waals surface area (Å²) >= 11 is 0. The molecular weight excluding hydrogens is 160 g/mol. The molecule has 0 radical (unpaired) electrons. The lowest BCUT2D eigenvalue weighted by Gasteiger charge is -1.98. The Hall–Kier alpha value is -1.65. The van der Waals surface area contributed by atoms with E-state index >= 15 is 0 Å². The minimum absolute atomic E-state index is 0.139. The first-order valence-electron chi connectivity index (χ1n) is 3.44. The molecule has 12 heavy (non-hydrogen) atoms. The molecule has 0 aliphatic carbocycles. The second-order valence-electron chi connectivity index (χ2n) is 2.06. The van der Waals surface area contributed by atoms with Gasteiger partial charge in [0.15, 0.2) is 5.75 Å². The average molecular weight is 168 g/mol. The predicted octanol–water partition coefficient (Wildman–Crippen LogP) is 1.10. The van der Waals surface area contributed by atoms with Gasteiger partial charge >= 0.3 is 6.16 Å². The Morgan fingerprint density at radius 1 is 1.58 bits per heavy atom. The second kappa shape index (κ2) is 3.66. The van der Waals surface area contributed by atoms with Crippen LogP contribution in [0.25, 0.3) is 0 Å². The van der Waals surface area contributed by atoms with Crippen LogP contribution in [0.3, 0.4) is 0 Å². The number of hydrogen-bond acceptors (Lipinski definition) is 4. The molecule has 64 valence electrons. The van der Waals surface area contributed by atoms with Gasteiger partial charge in [0, 0.05) is 6.42 Å². The molecule has 0 saturated carbocycles. The van der Waals surface area contributed by atoms with Gasteiger partial charge in [-0.15, -0.1) is 0 Å². The van der Waals surface area contributed by atoms with Crippen LogP contribution >= 0.6 is 0 Å². The van der Waals surface area contributed by atoms with E-state index in [1.807, 2.05) is 6.92 Å². The van der Waals surface area contributed by atoms with E-state index in [4.69, 9.17) is 5.11 Å². The zero-order valence-electron chi connectivity index (χ0n) is 6.52. The lowest BCUT2D eigenvalue weighted by Crippen LogP contribution is -2.04. The van der Waals surface area contributed by atoms with Crippen LogP contribution in [0, 0.1) is 0 Å². The van der Waals surface area contributed by atoms with Crippen molar-refractivity contribution in [1.82, 2.24) is 9.97 Å². The fourth-order valence-electron chi connectivity index (χ4n) is 0.679. The van der Waals surface area contributed by atoms with Gasteiger partial charge in [-0.3, -0.25) is 0 Å². The molecule has 0 aliphatic heterocycles. The highest BCUT2D eigenvalue weighted by molar-refractivity contribution is 5.60. The van der Waals surface area contributed by atoms with Gasteiger partial charge in [-0.05, 0) is 0 Å². The number of carbonyl (C=O) groups is 1. The Morgan fingerprint density at radius 2 is 2.17 bits per heavy atom. The van der Waals surface area contributed by atoms with Crippen molar-refractivity contribution in [1.29, 1.82) is 0 Å². The van der Waals surface area contributed by atoms with Gasteiger partial charge in [0.1, 0.15) is 5.82 Å². The summed E-state index contributed by atoms with van der Waals surface area (Å²) in [6.07, 6.45) is 2.02. The number of carboxylic acid groups (broad SMARTS) is 1. The lowest BCUT2D eigenvalue weighted by atomic mass is 10.4. The molecule has 0 spiro atoms. The first kappa shape index (κ1) is 8.45. The number of ether oxygens (including phenoxy) is 1. The molecule has 0 aromatic carbocycles. The van der Waals surface area contributed by atoms with Crippen LogP contribution in [-0.4, -0.2) is 21.2 Å². The molecule has 0 fully saturated rings. The third kappa shape index (κ3) is 2.19. The van der Waals surface area contributed by atoms with Crippen molar-refractivity contribution < 1.29 is 14.6 Å². The van der Waals surface area contributed by atoms with Crippen LogP contribution < -0.4 is 4.74 Å². The maximum atomic E-state index is 10.0. The fraction of sp³-hybridized carbons (Fsp3) is 0.286. The second-order valence-corrected chi connectivity index (χ2v) is 2.06. The number of aryl methyl sites for hydroxylation is 1. The van der Waals surface area contributed by atoms with E-state index in [0.717, 1.165) is 0 Å². The van der Waals surface area contributed by atoms with Crippen LogP contribution in [0.2, 0.25) is 0 Å². The summed E-state index contributed by atoms with van der Waals surface area (Å²) in [7, 11) is 0. The van der Waals surface area contributed by atoms with Crippen LogP contribution in [0.15, 0.2) is 12.4 Å². The summed E-state index contributed by atoms with van der Waals surface area (Å²) in [6.45, 7) is 1.91. The Kier molecular flexibility index (Phi) is 2.57. The van der Waals surface area contributed by atoms with Crippen molar-refractivity contribution in [3.05, 3.63) is 18.2 Å². The van der Waals surface area contributed by atoms with Gasteiger partial charge in [-0.25, -0.2) is 14.8 Å². The van der Waals surface area contributed by atoms with Gasteiger partial charge in [-0.1, -0.05) is 6.92 Å². The largest absolute Gasteiger partial charge is 0.511 e. The molecule has 1 aromatic rings. The quantitative estimate of drug-likeness (QED) is 0.669. The van der Waals surface area contributed by atoms with Gasteiger partial charge in [0.25, 0.3) is 0 Å². The van der Waals surface area contributed by atoms with Crippen LogP contribution in [0.1, 0.15) is 12.7 Å². The SMILES string of the molecule is CCc1ncc(OC(=O)O)cn1. The standard InChI is InChI=1S/C7H8N2O3/c1-2-6-8-3-5(4-9-6)12-7(10)11/h3-4H,2H2,1H3,(H,10,11). The molecule has 1 heterocycles. The van der Waals surface area contributed by atoms with Crippen molar-refractivity contribution in [2.45, 2.75) is 13.3 Å². The molecule has 0 unspecified atom stereocenters. The van der Waals surface area contributed by atoms with E-state index in [0.29, 0.717) is 12.2 Å². The molecule has 1 rings (SSSR count). The maximum Gasteiger partial charge on any atom is 0.511 e. The fourth-order valence-corrected chi connectivity index (χ4v) is 0.679. The van der Waals surface area contributed by atoms with E-state index in [1.165, 1.54) is 12.4 Å². The van der Waals surface area contributed by atoms with Crippen molar-refractivity contribution >= 4 is 6.16 Å². The van der Waals surface area contributed by atoms with Gasteiger partial charge in [0.05, 0.1) is 12.4 Å². The van der Waals surface area contributed by atoms with Gasteiger partial charge in [0.2, 0.25) is 0 Å². The van der Waals surface area contributed by atoms with Crippen molar-refractivity contribution in [3.8, 4) is 5.75 Å². The van der Waals surface area contributed by atoms with Gasteiger partial charge < -0.3 is 9.84 Å². The highest BCUT2D eigenvalue weighted by atomic mass is 16.7. The summed E-state index contributed by atoms with van der Waals surface area (Å²) in [6, 6.07) is 0. The van der Waals surface area contributed by atoms with E-state index in [-0.39, 0.29) is 5.75 Å². The summed E-state index contributed by atoms with van der Waals surface area (Å²) in [5, 5.41) is 8.22. The first-order valence-corrected chi connectivity index (χ1v) is 3.44. The molecule has 1 N–H and O–H groups in total. The third-order valence-electron chi connectivity index (χ3n) is 1.20. The predicted molar refractivity (Wildman–Crippen MR) is 40.1 cm³/mol. The zero-order chi connectivity index (χ0) is 8.97. The van der Waals surface area contributed by atoms with Crippen molar-refractivity contribution in [2.24, 2.45) is 0 Å². The number of rotatable bonds is 2. The zero-order valence-corrected chi connectivity index (χ0v) is 6.52. The van der Waals surface area contributed by atoms with Gasteiger partial charge in [-0.2, -0.15) is 0 Å². The topological polar surface area (TPSA) is 72.3 Å². The molecule has 0 amide bonds. The van der Waals surface area contributed by atoms with Crippen LogP contribution in [0.4, 0.5) is 4.79 Å². The normalized spacial score (nSPS) is 9.42. The molecule has 0 bridgehead atoms. The Bertz CT molecular complexity index is 270. The first-order chi connectivity index (χ1) is 5.72. The molecular formula is C7H8N2O3. The van der Waals surface area contributed by atoms with E-state index in [1.54, 1.807) is 0 Å². The average Bonchev–Trinajstić information content (AvgIpc) is 2.05. The Labute approximate surface area is 69.0 Å². The number of hydrogen-bond donors (Lipinski definition) is 1. The van der Waals surface area contributed by atoms with Crippen LogP contribution in [0.5, 0.6) is 5.75 Å². The summed E-state index contributed by atoms with van der Waals surface area (Å²) in [4.78, 5) is 17.7. The Balaban J connectivity index is 2.71. The number of nitrogens with zero attached hydrogens (tertiary/aromatic N) is 2. The summed E-state index contributed by atoms with van der Waals surface area (Å²) in [5.74, 6) is 0.799. The van der Waals surface area contributed by atoms with E-state index in [9.17, 15) is 4.79 Å². The monoisotopic (exact) mass is 168 g/mol. The minimum Gasteiger partial charge on any atom is -0.449 e. The lowest BCUT2D eigenvalue weighted by molar-refractivity contribution is 0.144. The van der Waals surface area contributed by atoms with Crippen molar-refractivity contribution in [2.75, 3.05) is 0 Å². The minimum atomic E-state index is -1.36. The van der Waals surface area contributed by atoms with E-state index in [2.05, 4.69) is 14.7 Å². The summed E-state index contributed by atoms with van der Waals surface area (Å²) < 4.78 is 4.31. The third-order valence-corrected chi connectivity index (χ3v) is 1.20. The van der Waals surface area contributed by atoms with Crippen LogP contribution in [-0.2, 0) is 6.42 Å². The molecule has 5 heteroatoms. The molecule has 0 aliphatic rings. The number of aromatic nitrogens is 2. The highest BCUT2D eigenvalue weighted by Gasteiger charge is 2.00. The molecule has 1 aromatic heterocycles. The molecule has 0 saturated heterocycles. The highest BCUT2D eigenvalue weighted by Crippen LogP contribution is 2.05. The Morgan fingerprint density at radius 3 is 2.58 bits per heavy atom. The summed E-state index contributed by atoms with van der Waals surface area (Å²) in [5.41, 5.74) is 0. The molecule has 0 atom stereocenters. The van der Waals surface area contributed by atoms with E-state index < -0.39 is 6.16 Å². The molecule has 5 nitrogen and oxygen atoms in total. The van der Waals surface area contributed by atoms with Crippen molar-refractivity contribution in [3.63, 3.8) is 0 Å². The maximum absolute atomic E-state index is 10.0. The smallest absolute Gasteiger partial charge is 0.449 e.